The van der Waals surface area contributed by atoms with E-state index in [4.69, 9.17) is 0 Å². The molecule has 0 bridgehead atoms. The Labute approximate surface area is 104 Å². The van der Waals surface area contributed by atoms with Gasteiger partial charge in [-0.15, -0.1) is 0 Å². The molecule has 0 amide bonds. The van der Waals surface area contributed by atoms with Gasteiger partial charge in [0.05, 0.1) is 5.41 Å². The lowest BCUT2D eigenvalue weighted by molar-refractivity contribution is -0.150. The van der Waals surface area contributed by atoms with Gasteiger partial charge in [-0.1, -0.05) is 12.8 Å². The molecule has 4 heteroatoms. The number of carbonyl (C=O) groups is 1. The first-order valence-electron chi connectivity index (χ1n) is 6.69. The number of carboxylic acid groups (broad SMARTS) is 1. The first-order valence-corrected chi connectivity index (χ1v) is 6.69. The van der Waals surface area contributed by atoms with Crippen LogP contribution in [0.1, 0.15) is 32.6 Å². The largest absolute Gasteiger partial charge is 0.481 e. The van der Waals surface area contributed by atoms with E-state index in [1.807, 2.05) is 0 Å². The lowest BCUT2D eigenvalue weighted by atomic mass is 9.85. The standard InChI is InChI=1S/C13H24N2O2/c1-11-9-15(8-7-14(11)2)10-13(12(16)17)5-3-4-6-13/h11H,3-10H2,1-2H3,(H,16,17). The van der Waals surface area contributed by atoms with Crippen molar-refractivity contribution in [3.8, 4) is 0 Å². The van der Waals surface area contributed by atoms with Crippen LogP contribution in [0, 0.1) is 5.41 Å². The summed E-state index contributed by atoms with van der Waals surface area (Å²) in [4.78, 5) is 16.2. The maximum absolute atomic E-state index is 11.5. The second-order valence-corrected chi connectivity index (χ2v) is 5.86. The van der Waals surface area contributed by atoms with E-state index in [2.05, 4.69) is 23.8 Å². The Bertz CT molecular complexity index is 287. The molecule has 98 valence electrons. The highest BCUT2D eigenvalue weighted by Crippen LogP contribution is 2.39. The Balaban J connectivity index is 1.97. The van der Waals surface area contributed by atoms with Crippen molar-refractivity contribution >= 4 is 5.97 Å². The molecule has 2 fully saturated rings. The van der Waals surface area contributed by atoms with Gasteiger partial charge in [-0.3, -0.25) is 9.69 Å². The molecule has 1 heterocycles. The van der Waals surface area contributed by atoms with Crippen molar-refractivity contribution in [1.82, 2.24) is 9.80 Å². The predicted octanol–water partition coefficient (Wildman–Crippen LogP) is 1.27. The molecule has 0 radical (unpaired) electrons. The molecule has 0 spiro atoms. The lowest BCUT2D eigenvalue weighted by Crippen LogP contribution is -2.53. The van der Waals surface area contributed by atoms with Crippen molar-refractivity contribution in [2.75, 3.05) is 33.2 Å². The number of hydrogen-bond acceptors (Lipinski definition) is 3. The van der Waals surface area contributed by atoms with Crippen LogP contribution in [0.15, 0.2) is 0 Å². The topological polar surface area (TPSA) is 43.8 Å². The number of piperazine rings is 1. The SMILES string of the molecule is CC1CN(CC2(C(=O)O)CCCC2)CCN1C. The summed E-state index contributed by atoms with van der Waals surface area (Å²) in [6.45, 7) is 6.03. The monoisotopic (exact) mass is 240 g/mol. The van der Waals surface area contributed by atoms with Gasteiger partial charge >= 0.3 is 5.97 Å². The minimum atomic E-state index is -0.582. The van der Waals surface area contributed by atoms with Crippen LogP contribution >= 0.6 is 0 Å². The molecule has 0 aromatic carbocycles. The van der Waals surface area contributed by atoms with Gasteiger partial charge in [-0.05, 0) is 26.8 Å². The van der Waals surface area contributed by atoms with Crippen LogP contribution in [0.3, 0.4) is 0 Å². The van der Waals surface area contributed by atoms with E-state index in [1.54, 1.807) is 0 Å². The van der Waals surface area contributed by atoms with Crippen molar-refractivity contribution in [2.24, 2.45) is 5.41 Å². The summed E-state index contributed by atoms with van der Waals surface area (Å²) in [6.07, 6.45) is 3.89. The molecule has 1 saturated carbocycles. The van der Waals surface area contributed by atoms with Gasteiger partial charge in [-0.25, -0.2) is 0 Å². The normalized spacial score (nSPS) is 30.6. The zero-order chi connectivity index (χ0) is 12.5. The molecule has 0 aromatic heterocycles. The highest BCUT2D eigenvalue weighted by molar-refractivity contribution is 5.75. The van der Waals surface area contributed by atoms with Crippen LogP contribution in [-0.2, 0) is 4.79 Å². The van der Waals surface area contributed by atoms with Crippen molar-refractivity contribution in [1.29, 1.82) is 0 Å². The van der Waals surface area contributed by atoms with Crippen molar-refractivity contribution in [3.05, 3.63) is 0 Å². The highest BCUT2D eigenvalue weighted by atomic mass is 16.4. The van der Waals surface area contributed by atoms with Crippen molar-refractivity contribution < 1.29 is 9.90 Å². The lowest BCUT2D eigenvalue weighted by Gasteiger charge is -2.41. The van der Waals surface area contributed by atoms with Crippen molar-refractivity contribution in [3.63, 3.8) is 0 Å². The molecule has 4 nitrogen and oxygen atoms in total. The van der Waals surface area contributed by atoms with Gasteiger partial charge in [-0.2, -0.15) is 0 Å². The van der Waals surface area contributed by atoms with Gasteiger partial charge in [0.15, 0.2) is 0 Å². The molecule has 1 atom stereocenters. The molecular formula is C13H24N2O2. The molecule has 1 aliphatic carbocycles. The van der Waals surface area contributed by atoms with E-state index >= 15 is 0 Å². The van der Waals surface area contributed by atoms with Crippen LogP contribution in [-0.4, -0.2) is 60.1 Å². The van der Waals surface area contributed by atoms with Gasteiger partial charge in [0.2, 0.25) is 0 Å². The fourth-order valence-corrected chi connectivity index (χ4v) is 3.19. The van der Waals surface area contributed by atoms with E-state index < -0.39 is 11.4 Å². The summed E-state index contributed by atoms with van der Waals surface area (Å²) < 4.78 is 0. The van der Waals surface area contributed by atoms with Crippen molar-refractivity contribution in [2.45, 2.75) is 38.6 Å². The van der Waals surface area contributed by atoms with Gasteiger partial charge in [0.25, 0.3) is 0 Å². The molecule has 1 N–H and O–H groups in total. The first kappa shape index (κ1) is 12.8. The summed E-state index contributed by atoms with van der Waals surface area (Å²) in [5.74, 6) is -0.582. The number of hydrogen-bond donors (Lipinski definition) is 1. The molecular weight excluding hydrogens is 216 g/mol. The zero-order valence-corrected chi connectivity index (χ0v) is 11.0. The van der Waals surface area contributed by atoms with Crippen LogP contribution in [0.5, 0.6) is 0 Å². The average molecular weight is 240 g/mol. The average Bonchev–Trinajstić information content (AvgIpc) is 2.73. The number of nitrogens with zero attached hydrogens (tertiary/aromatic N) is 2. The number of likely N-dealkylation sites (N-methyl/N-ethyl adjacent to an activating group) is 1. The Kier molecular flexibility index (Phi) is 3.73. The van der Waals surface area contributed by atoms with Crippen LogP contribution in [0.4, 0.5) is 0 Å². The maximum atomic E-state index is 11.5. The Morgan fingerprint density at radius 2 is 2.00 bits per heavy atom. The maximum Gasteiger partial charge on any atom is 0.310 e. The van der Waals surface area contributed by atoms with Crippen LogP contribution < -0.4 is 0 Å². The second kappa shape index (κ2) is 4.94. The van der Waals surface area contributed by atoms with Gasteiger partial charge < -0.3 is 10.0 Å². The zero-order valence-electron chi connectivity index (χ0n) is 11.0. The summed E-state index contributed by atoms with van der Waals surface area (Å²) in [6, 6.07) is 0.538. The Morgan fingerprint density at radius 3 is 2.53 bits per heavy atom. The number of carboxylic acids is 1. The number of aliphatic carboxylic acids is 1. The van der Waals surface area contributed by atoms with Crippen LogP contribution in [0.25, 0.3) is 0 Å². The smallest absolute Gasteiger partial charge is 0.310 e. The molecule has 2 aliphatic rings. The fraction of sp³-hybridized carbons (Fsp3) is 0.923. The molecule has 0 aromatic rings. The van der Waals surface area contributed by atoms with E-state index in [0.717, 1.165) is 51.9 Å². The van der Waals surface area contributed by atoms with Gasteiger partial charge in [0, 0.05) is 32.2 Å². The molecule has 17 heavy (non-hydrogen) atoms. The second-order valence-electron chi connectivity index (χ2n) is 5.86. The fourth-order valence-electron chi connectivity index (χ4n) is 3.19. The molecule has 1 saturated heterocycles. The van der Waals surface area contributed by atoms with E-state index in [1.165, 1.54) is 0 Å². The van der Waals surface area contributed by atoms with Crippen LogP contribution in [0.2, 0.25) is 0 Å². The third-order valence-corrected chi connectivity index (χ3v) is 4.58. The predicted molar refractivity (Wildman–Crippen MR) is 67.1 cm³/mol. The van der Waals surface area contributed by atoms with E-state index in [-0.39, 0.29) is 0 Å². The van der Waals surface area contributed by atoms with Gasteiger partial charge in [0.1, 0.15) is 0 Å². The third kappa shape index (κ3) is 2.63. The highest BCUT2D eigenvalue weighted by Gasteiger charge is 2.43. The summed E-state index contributed by atoms with van der Waals surface area (Å²) >= 11 is 0. The summed E-state index contributed by atoms with van der Waals surface area (Å²) in [7, 11) is 2.14. The Hall–Kier alpha value is -0.610. The summed E-state index contributed by atoms with van der Waals surface area (Å²) in [5.41, 5.74) is -0.449. The van der Waals surface area contributed by atoms with E-state index in [9.17, 15) is 9.90 Å². The molecule has 1 aliphatic heterocycles. The quantitative estimate of drug-likeness (QED) is 0.807. The minimum Gasteiger partial charge on any atom is -0.481 e. The minimum absolute atomic E-state index is 0.449. The third-order valence-electron chi connectivity index (χ3n) is 4.58. The summed E-state index contributed by atoms with van der Waals surface area (Å²) in [5, 5.41) is 9.48. The Morgan fingerprint density at radius 1 is 1.35 bits per heavy atom. The molecule has 1 unspecified atom stereocenters. The first-order chi connectivity index (χ1) is 8.03. The van der Waals surface area contributed by atoms with E-state index in [0.29, 0.717) is 6.04 Å². The molecule has 2 rings (SSSR count). The number of rotatable bonds is 3.